The Labute approximate surface area is 219 Å². The molecule has 0 spiro atoms. The number of ether oxygens (including phenoxy) is 2. The SMILES string of the molecule is CCOc1ccccc1-c1nc(CSc2nc3ccccc3c(=O)n2Cc2ccc(OC)cc2)c(C)o1. The van der Waals surface area contributed by atoms with E-state index >= 15 is 0 Å². The summed E-state index contributed by atoms with van der Waals surface area (Å²) in [5.41, 5.74) is 3.18. The first-order chi connectivity index (χ1) is 18.1. The highest BCUT2D eigenvalue weighted by Crippen LogP contribution is 2.32. The van der Waals surface area contributed by atoms with Crippen LogP contribution in [0, 0.1) is 6.92 Å². The van der Waals surface area contributed by atoms with Gasteiger partial charge in [0.05, 0.1) is 42.4 Å². The maximum Gasteiger partial charge on any atom is 0.262 e. The van der Waals surface area contributed by atoms with E-state index in [-0.39, 0.29) is 5.56 Å². The summed E-state index contributed by atoms with van der Waals surface area (Å²) in [5.74, 6) is 3.23. The van der Waals surface area contributed by atoms with Gasteiger partial charge in [0.25, 0.3) is 5.56 Å². The number of aryl methyl sites for hydroxylation is 1. The van der Waals surface area contributed by atoms with Crippen molar-refractivity contribution in [3.63, 3.8) is 0 Å². The lowest BCUT2D eigenvalue weighted by Crippen LogP contribution is -2.24. The van der Waals surface area contributed by atoms with Crippen LogP contribution in [0.3, 0.4) is 0 Å². The molecule has 0 aliphatic rings. The van der Waals surface area contributed by atoms with Crippen LogP contribution in [0.1, 0.15) is 23.9 Å². The molecular formula is C29H27N3O4S. The van der Waals surface area contributed by atoms with Crippen molar-refractivity contribution in [2.75, 3.05) is 13.7 Å². The molecule has 188 valence electrons. The highest BCUT2D eigenvalue weighted by Gasteiger charge is 2.18. The number of aromatic nitrogens is 3. The molecule has 0 amide bonds. The topological polar surface area (TPSA) is 79.4 Å². The van der Waals surface area contributed by atoms with Gasteiger partial charge in [-0.15, -0.1) is 0 Å². The Morgan fingerprint density at radius 2 is 1.73 bits per heavy atom. The molecule has 5 aromatic rings. The van der Waals surface area contributed by atoms with E-state index in [1.165, 1.54) is 11.8 Å². The Morgan fingerprint density at radius 3 is 2.51 bits per heavy atom. The summed E-state index contributed by atoms with van der Waals surface area (Å²) in [6, 6.07) is 22.8. The Kier molecular flexibility index (Phi) is 7.28. The van der Waals surface area contributed by atoms with Crippen molar-refractivity contribution >= 4 is 22.7 Å². The second-order valence-electron chi connectivity index (χ2n) is 8.39. The first-order valence-corrected chi connectivity index (χ1v) is 13.0. The summed E-state index contributed by atoms with van der Waals surface area (Å²) in [6.45, 7) is 4.79. The fraction of sp³-hybridized carbons (Fsp3) is 0.207. The van der Waals surface area contributed by atoms with Crippen LogP contribution < -0.4 is 15.0 Å². The summed E-state index contributed by atoms with van der Waals surface area (Å²) in [4.78, 5) is 23.1. The van der Waals surface area contributed by atoms with Crippen LogP contribution in [0.5, 0.6) is 11.5 Å². The molecule has 5 rings (SSSR count). The molecule has 0 saturated heterocycles. The number of methoxy groups -OCH3 is 1. The Balaban J connectivity index is 1.47. The van der Waals surface area contributed by atoms with E-state index in [4.69, 9.17) is 23.9 Å². The van der Waals surface area contributed by atoms with Crippen molar-refractivity contribution in [2.45, 2.75) is 31.3 Å². The maximum atomic E-state index is 13.5. The molecule has 37 heavy (non-hydrogen) atoms. The van der Waals surface area contributed by atoms with Crippen LogP contribution in [0.2, 0.25) is 0 Å². The zero-order chi connectivity index (χ0) is 25.8. The van der Waals surface area contributed by atoms with Gasteiger partial charge in [-0.25, -0.2) is 9.97 Å². The second-order valence-corrected chi connectivity index (χ2v) is 9.33. The molecule has 2 aromatic heterocycles. The average molecular weight is 514 g/mol. The molecule has 0 N–H and O–H groups in total. The molecule has 0 bridgehead atoms. The average Bonchev–Trinajstić information content (AvgIpc) is 3.30. The molecule has 0 unspecified atom stereocenters. The number of fused-ring (bicyclic) bond motifs is 1. The number of para-hydroxylation sites is 2. The lowest BCUT2D eigenvalue weighted by molar-refractivity contribution is 0.340. The molecule has 0 fully saturated rings. The molecule has 0 radical (unpaired) electrons. The quantitative estimate of drug-likeness (QED) is 0.174. The minimum atomic E-state index is -0.0767. The van der Waals surface area contributed by atoms with Gasteiger partial charge in [0.15, 0.2) is 5.16 Å². The molecule has 0 aliphatic heterocycles. The molecule has 3 aromatic carbocycles. The van der Waals surface area contributed by atoms with Crippen molar-refractivity contribution in [2.24, 2.45) is 0 Å². The lowest BCUT2D eigenvalue weighted by atomic mass is 10.2. The number of rotatable bonds is 9. The van der Waals surface area contributed by atoms with Gasteiger partial charge >= 0.3 is 0 Å². The van der Waals surface area contributed by atoms with E-state index in [0.29, 0.717) is 40.9 Å². The predicted molar refractivity (Wildman–Crippen MR) is 146 cm³/mol. The first-order valence-electron chi connectivity index (χ1n) is 12.0. The minimum Gasteiger partial charge on any atom is -0.497 e. The fourth-order valence-electron chi connectivity index (χ4n) is 4.05. The van der Waals surface area contributed by atoms with Crippen molar-refractivity contribution in [3.8, 4) is 23.0 Å². The van der Waals surface area contributed by atoms with Crippen molar-refractivity contribution in [1.29, 1.82) is 0 Å². The Hall–Kier alpha value is -4.04. The fourth-order valence-corrected chi connectivity index (χ4v) is 5.05. The molecule has 2 heterocycles. The van der Waals surface area contributed by atoms with Crippen LogP contribution in [0.15, 0.2) is 87.2 Å². The molecule has 0 saturated carbocycles. The molecule has 8 heteroatoms. The van der Waals surface area contributed by atoms with Gasteiger partial charge in [0, 0.05) is 5.75 Å². The Morgan fingerprint density at radius 1 is 0.973 bits per heavy atom. The van der Waals surface area contributed by atoms with Crippen LogP contribution >= 0.6 is 11.8 Å². The zero-order valence-corrected chi connectivity index (χ0v) is 21.7. The summed E-state index contributed by atoms with van der Waals surface area (Å²) in [7, 11) is 1.63. The first kappa shape index (κ1) is 24.6. The van der Waals surface area contributed by atoms with Crippen molar-refractivity contribution in [1.82, 2.24) is 14.5 Å². The van der Waals surface area contributed by atoms with Crippen molar-refractivity contribution in [3.05, 3.63) is 100 Å². The third-order valence-corrected chi connectivity index (χ3v) is 6.96. The summed E-state index contributed by atoms with van der Waals surface area (Å²) in [5, 5.41) is 1.21. The van der Waals surface area contributed by atoms with Crippen LogP contribution in [-0.4, -0.2) is 28.3 Å². The standard InChI is InChI=1S/C29H27N3O4S/c1-4-35-26-12-8-6-10-23(26)27-30-25(19(2)36-27)18-37-29-31-24-11-7-5-9-22(24)28(33)32(29)17-20-13-15-21(34-3)16-14-20/h5-16H,4,17-18H2,1-3H3. The van der Waals surface area contributed by atoms with Gasteiger partial charge in [-0.05, 0) is 55.8 Å². The number of oxazole rings is 1. The number of hydrogen-bond acceptors (Lipinski definition) is 7. The zero-order valence-electron chi connectivity index (χ0n) is 20.9. The third kappa shape index (κ3) is 5.24. The van der Waals surface area contributed by atoms with E-state index in [0.717, 1.165) is 34.1 Å². The monoisotopic (exact) mass is 513 g/mol. The number of thioether (sulfide) groups is 1. The van der Waals surface area contributed by atoms with Crippen LogP contribution in [0.4, 0.5) is 0 Å². The van der Waals surface area contributed by atoms with Gasteiger partial charge in [0.2, 0.25) is 5.89 Å². The van der Waals surface area contributed by atoms with Crippen LogP contribution in [0.25, 0.3) is 22.4 Å². The second kappa shape index (κ2) is 10.9. The lowest BCUT2D eigenvalue weighted by Gasteiger charge is -2.13. The van der Waals surface area contributed by atoms with Gasteiger partial charge < -0.3 is 13.9 Å². The normalized spacial score (nSPS) is 11.1. The smallest absolute Gasteiger partial charge is 0.262 e. The molecule has 0 aliphatic carbocycles. The summed E-state index contributed by atoms with van der Waals surface area (Å²) >= 11 is 1.47. The molecule has 0 atom stereocenters. The van der Waals surface area contributed by atoms with E-state index in [2.05, 4.69) is 0 Å². The van der Waals surface area contributed by atoms with E-state index in [1.54, 1.807) is 11.7 Å². The maximum absolute atomic E-state index is 13.5. The van der Waals surface area contributed by atoms with Gasteiger partial charge in [-0.2, -0.15) is 0 Å². The highest BCUT2D eigenvalue weighted by atomic mass is 32.2. The summed E-state index contributed by atoms with van der Waals surface area (Å²) < 4.78 is 18.7. The van der Waals surface area contributed by atoms with Gasteiger partial charge in [-0.3, -0.25) is 9.36 Å². The van der Waals surface area contributed by atoms with E-state index < -0.39 is 0 Å². The van der Waals surface area contributed by atoms with Crippen molar-refractivity contribution < 1.29 is 13.9 Å². The van der Waals surface area contributed by atoms with Crippen LogP contribution in [-0.2, 0) is 12.3 Å². The minimum absolute atomic E-state index is 0.0767. The molecular weight excluding hydrogens is 486 g/mol. The Bertz CT molecular complexity index is 1590. The molecule has 7 nitrogen and oxygen atoms in total. The highest BCUT2D eigenvalue weighted by molar-refractivity contribution is 7.98. The van der Waals surface area contributed by atoms with Gasteiger partial charge in [0.1, 0.15) is 17.3 Å². The number of nitrogens with zero attached hydrogens (tertiary/aromatic N) is 3. The van der Waals surface area contributed by atoms with E-state index in [9.17, 15) is 4.79 Å². The largest absolute Gasteiger partial charge is 0.497 e. The van der Waals surface area contributed by atoms with Gasteiger partial charge in [-0.1, -0.05) is 48.2 Å². The summed E-state index contributed by atoms with van der Waals surface area (Å²) in [6.07, 6.45) is 0. The predicted octanol–water partition coefficient (Wildman–Crippen LogP) is 6.11. The number of benzene rings is 3. The number of hydrogen-bond donors (Lipinski definition) is 0. The third-order valence-electron chi connectivity index (χ3n) is 5.97. The van der Waals surface area contributed by atoms with E-state index in [1.807, 2.05) is 86.6 Å².